The zero-order valence-corrected chi connectivity index (χ0v) is 16.4. The first-order valence-corrected chi connectivity index (χ1v) is 9.48. The van der Waals surface area contributed by atoms with E-state index >= 15 is 0 Å². The Kier molecular flexibility index (Phi) is 6.95. The molecule has 0 saturated carbocycles. The molecule has 3 aromatic carbocycles. The molecule has 2 N–H and O–H groups in total. The van der Waals surface area contributed by atoms with E-state index in [9.17, 15) is 14.4 Å². The van der Waals surface area contributed by atoms with Gasteiger partial charge in [-0.25, -0.2) is 4.79 Å². The maximum atomic E-state index is 13.3. The summed E-state index contributed by atoms with van der Waals surface area (Å²) in [6.45, 7) is 0. The van der Waals surface area contributed by atoms with Crippen LogP contribution < -0.4 is 10.6 Å². The Bertz CT molecular complexity index is 952. The number of hydrogen-bond acceptors (Lipinski definition) is 4. The lowest BCUT2D eigenvalue weighted by Crippen LogP contribution is -2.41. The van der Waals surface area contributed by atoms with E-state index in [2.05, 4.69) is 10.6 Å². The molecule has 6 heteroatoms. The summed E-state index contributed by atoms with van der Waals surface area (Å²) in [7, 11) is 1.40. The Hall–Kier alpha value is -3.93. The largest absolute Gasteiger partial charge is 0.447 e. The van der Waals surface area contributed by atoms with Gasteiger partial charge in [0.1, 0.15) is 5.92 Å². The molecule has 6 nitrogen and oxygen atoms in total. The highest BCUT2D eigenvalue weighted by Crippen LogP contribution is 2.29. The van der Waals surface area contributed by atoms with Crippen LogP contribution in [0.4, 0.5) is 4.79 Å². The Balaban J connectivity index is 1.94. The van der Waals surface area contributed by atoms with E-state index in [-0.39, 0.29) is 0 Å². The summed E-state index contributed by atoms with van der Waals surface area (Å²) in [5.74, 6) is -2.03. The van der Waals surface area contributed by atoms with E-state index < -0.39 is 29.9 Å². The van der Waals surface area contributed by atoms with Crippen LogP contribution in [0.5, 0.6) is 0 Å². The van der Waals surface area contributed by atoms with Gasteiger partial charge >= 0.3 is 12.0 Å². The second kappa shape index (κ2) is 10.0. The van der Waals surface area contributed by atoms with Gasteiger partial charge in [-0.2, -0.15) is 0 Å². The fourth-order valence-electron chi connectivity index (χ4n) is 3.08. The molecule has 3 aromatic rings. The summed E-state index contributed by atoms with van der Waals surface area (Å²) in [5.41, 5.74) is 1.95. The fourth-order valence-corrected chi connectivity index (χ4v) is 3.08. The van der Waals surface area contributed by atoms with Gasteiger partial charge in [0, 0.05) is 12.6 Å². The molecule has 3 amide bonds. The highest BCUT2D eigenvalue weighted by molar-refractivity contribution is 5.98. The maximum Gasteiger partial charge on any atom is 0.321 e. The van der Waals surface area contributed by atoms with Crippen molar-refractivity contribution in [3.63, 3.8) is 0 Å². The minimum atomic E-state index is -1.27. The smallest absolute Gasteiger partial charge is 0.321 e. The van der Waals surface area contributed by atoms with Crippen LogP contribution in [0.1, 0.15) is 28.7 Å². The van der Waals surface area contributed by atoms with E-state index in [1.54, 1.807) is 30.3 Å². The highest BCUT2D eigenvalue weighted by atomic mass is 16.5. The molecule has 0 aliphatic heterocycles. The zero-order valence-electron chi connectivity index (χ0n) is 16.4. The van der Waals surface area contributed by atoms with Crippen molar-refractivity contribution in [3.05, 3.63) is 108 Å². The minimum Gasteiger partial charge on any atom is -0.447 e. The van der Waals surface area contributed by atoms with E-state index in [0.29, 0.717) is 5.56 Å². The van der Waals surface area contributed by atoms with E-state index in [1.807, 2.05) is 60.7 Å². The van der Waals surface area contributed by atoms with Crippen molar-refractivity contribution in [2.45, 2.75) is 12.0 Å². The van der Waals surface area contributed by atoms with Crippen LogP contribution in [-0.2, 0) is 14.3 Å². The number of ether oxygens (including phenoxy) is 1. The third kappa shape index (κ3) is 5.11. The van der Waals surface area contributed by atoms with Crippen molar-refractivity contribution < 1.29 is 19.1 Å². The van der Waals surface area contributed by atoms with Crippen LogP contribution in [-0.4, -0.2) is 25.0 Å². The molecule has 1 unspecified atom stereocenters. The first-order valence-electron chi connectivity index (χ1n) is 9.48. The lowest BCUT2D eigenvalue weighted by atomic mass is 9.91. The number of rotatable bonds is 6. The van der Waals surface area contributed by atoms with Crippen molar-refractivity contribution in [1.82, 2.24) is 10.6 Å². The molecule has 1 atom stereocenters. The number of urea groups is 1. The number of esters is 1. The van der Waals surface area contributed by atoms with Crippen LogP contribution in [0.25, 0.3) is 0 Å². The Morgan fingerprint density at radius 2 is 1.13 bits per heavy atom. The average Bonchev–Trinajstić information content (AvgIpc) is 2.79. The molecule has 3 rings (SSSR count). The Morgan fingerprint density at radius 3 is 1.57 bits per heavy atom. The summed E-state index contributed by atoms with van der Waals surface area (Å²) < 4.78 is 5.68. The molecule has 0 fully saturated rings. The monoisotopic (exact) mass is 402 g/mol. The second-order valence-corrected chi connectivity index (χ2v) is 6.55. The zero-order chi connectivity index (χ0) is 21.3. The van der Waals surface area contributed by atoms with Crippen LogP contribution in [0, 0.1) is 0 Å². The van der Waals surface area contributed by atoms with Gasteiger partial charge in [0.05, 0.1) is 0 Å². The molecule has 152 valence electrons. The van der Waals surface area contributed by atoms with E-state index in [1.165, 1.54) is 7.05 Å². The molecule has 0 spiro atoms. The van der Waals surface area contributed by atoms with Crippen LogP contribution >= 0.6 is 0 Å². The lowest BCUT2D eigenvalue weighted by Gasteiger charge is -2.22. The van der Waals surface area contributed by atoms with Crippen LogP contribution in [0.15, 0.2) is 91.0 Å². The van der Waals surface area contributed by atoms with Gasteiger partial charge in [0.2, 0.25) is 6.10 Å². The summed E-state index contributed by atoms with van der Waals surface area (Å²) in [6, 6.07) is 26.3. The Morgan fingerprint density at radius 1 is 0.700 bits per heavy atom. The number of amides is 3. The molecular formula is C24H22N2O4. The molecule has 0 radical (unpaired) electrons. The first-order chi connectivity index (χ1) is 14.6. The number of nitrogens with one attached hydrogen (secondary N) is 2. The second-order valence-electron chi connectivity index (χ2n) is 6.55. The Labute approximate surface area is 174 Å². The third-order valence-electron chi connectivity index (χ3n) is 4.54. The number of carbonyl (C=O) groups excluding carboxylic acids is 3. The van der Waals surface area contributed by atoms with Crippen LogP contribution in [0.3, 0.4) is 0 Å². The summed E-state index contributed by atoms with van der Waals surface area (Å²) in [5, 5.41) is 4.50. The lowest BCUT2D eigenvalue weighted by molar-refractivity contribution is -0.156. The van der Waals surface area contributed by atoms with Gasteiger partial charge in [-0.15, -0.1) is 0 Å². The topological polar surface area (TPSA) is 84.5 Å². The van der Waals surface area contributed by atoms with E-state index in [4.69, 9.17) is 4.74 Å². The quantitative estimate of drug-likeness (QED) is 0.618. The van der Waals surface area contributed by atoms with Gasteiger partial charge < -0.3 is 10.1 Å². The SMILES string of the molecule is CNC(=O)NC(=O)C(OC(=O)C(c1ccccc1)c1ccccc1)c1ccccc1. The van der Waals surface area contributed by atoms with Crippen molar-refractivity contribution in [2.24, 2.45) is 0 Å². The molecule has 0 bridgehead atoms. The predicted molar refractivity (Wildman–Crippen MR) is 113 cm³/mol. The van der Waals surface area contributed by atoms with Crippen molar-refractivity contribution in [2.75, 3.05) is 7.05 Å². The predicted octanol–water partition coefficient (Wildman–Crippen LogP) is 3.56. The van der Waals surface area contributed by atoms with Crippen molar-refractivity contribution in [3.8, 4) is 0 Å². The third-order valence-corrected chi connectivity index (χ3v) is 4.54. The summed E-state index contributed by atoms with van der Waals surface area (Å²) in [6.07, 6.45) is -1.27. The van der Waals surface area contributed by atoms with E-state index in [0.717, 1.165) is 11.1 Å². The first kappa shape index (κ1) is 20.8. The average molecular weight is 402 g/mol. The highest BCUT2D eigenvalue weighted by Gasteiger charge is 2.31. The van der Waals surface area contributed by atoms with Gasteiger partial charge in [0.25, 0.3) is 5.91 Å². The molecular weight excluding hydrogens is 380 g/mol. The van der Waals surface area contributed by atoms with Gasteiger partial charge in [-0.05, 0) is 11.1 Å². The van der Waals surface area contributed by atoms with Crippen molar-refractivity contribution in [1.29, 1.82) is 0 Å². The number of benzene rings is 3. The molecule has 30 heavy (non-hydrogen) atoms. The molecule has 0 aromatic heterocycles. The molecule has 0 aliphatic carbocycles. The molecule has 0 heterocycles. The van der Waals surface area contributed by atoms with Gasteiger partial charge in [0.15, 0.2) is 0 Å². The summed E-state index contributed by atoms with van der Waals surface area (Å²) in [4.78, 5) is 37.6. The molecule has 0 aliphatic rings. The maximum absolute atomic E-state index is 13.3. The van der Waals surface area contributed by atoms with Crippen LogP contribution in [0.2, 0.25) is 0 Å². The normalized spacial score (nSPS) is 11.4. The van der Waals surface area contributed by atoms with Gasteiger partial charge in [-0.3, -0.25) is 14.9 Å². The number of hydrogen-bond donors (Lipinski definition) is 2. The summed E-state index contributed by atoms with van der Waals surface area (Å²) >= 11 is 0. The van der Waals surface area contributed by atoms with Gasteiger partial charge in [-0.1, -0.05) is 91.0 Å². The number of carbonyl (C=O) groups is 3. The minimum absolute atomic E-state index is 0.465. The van der Waals surface area contributed by atoms with Crippen molar-refractivity contribution >= 4 is 17.9 Å². The standard InChI is InChI=1S/C24H22N2O4/c1-25-24(29)26-22(27)21(19-15-9-4-10-16-19)30-23(28)20(17-11-5-2-6-12-17)18-13-7-3-8-14-18/h2-16,20-21H,1H3,(H2,25,26,27,29). The fraction of sp³-hybridized carbons (Fsp3) is 0.125. The molecule has 0 saturated heterocycles. The number of imide groups is 1.